The van der Waals surface area contributed by atoms with Crippen LogP contribution in [0.5, 0.6) is 5.75 Å². The third-order valence-electron chi connectivity index (χ3n) is 0.998. The fraction of sp³-hybridized carbons (Fsp3) is 0. The van der Waals surface area contributed by atoms with Gasteiger partial charge in [-0.05, 0) is 12.1 Å². The zero-order valence-electron chi connectivity index (χ0n) is 7.77. The second-order valence-corrected chi connectivity index (χ2v) is 3.43. The van der Waals surface area contributed by atoms with E-state index in [0.29, 0.717) is 5.02 Å². The van der Waals surface area contributed by atoms with Gasteiger partial charge < -0.3 is 5.61 Å². The zero-order valence-corrected chi connectivity index (χ0v) is 10.3. The SMILES string of the molecule is O=S(=O)(O)Oc1cccc(Cl)c1.[H-].[Na+]. The van der Waals surface area contributed by atoms with Gasteiger partial charge in [-0.2, -0.15) is 8.42 Å². The van der Waals surface area contributed by atoms with Gasteiger partial charge in [-0.3, -0.25) is 4.55 Å². The predicted molar refractivity (Wildman–Crippen MR) is 44.7 cm³/mol. The molecule has 1 rings (SSSR count). The van der Waals surface area contributed by atoms with Crippen molar-refractivity contribution in [1.82, 2.24) is 0 Å². The summed E-state index contributed by atoms with van der Waals surface area (Å²) in [5, 5.41) is 0.330. The Labute approximate surface area is 105 Å². The Morgan fingerprint density at radius 2 is 2.08 bits per heavy atom. The molecule has 0 unspecified atom stereocenters. The molecule has 0 saturated carbocycles. The molecule has 4 nitrogen and oxygen atoms in total. The second kappa shape index (κ2) is 5.19. The van der Waals surface area contributed by atoms with E-state index in [4.69, 9.17) is 16.2 Å². The normalized spacial score (nSPS) is 10.3. The Morgan fingerprint density at radius 3 is 2.54 bits per heavy atom. The maximum Gasteiger partial charge on any atom is 1.00 e. The van der Waals surface area contributed by atoms with Crippen LogP contribution in [0.1, 0.15) is 1.43 Å². The molecule has 1 aromatic carbocycles. The van der Waals surface area contributed by atoms with Gasteiger partial charge in [-0.15, -0.1) is 0 Å². The number of benzene rings is 1. The molecule has 0 aliphatic heterocycles. The van der Waals surface area contributed by atoms with E-state index in [1.807, 2.05) is 0 Å². The Bertz CT molecular complexity index is 383. The van der Waals surface area contributed by atoms with Gasteiger partial charge in [0.1, 0.15) is 5.75 Å². The summed E-state index contributed by atoms with van der Waals surface area (Å²) in [6.07, 6.45) is 0. The average Bonchev–Trinajstić information content (AvgIpc) is 1.82. The minimum Gasteiger partial charge on any atom is -1.00 e. The molecule has 0 amide bonds. The van der Waals surface area contributed by atoms with Crippen molar-refractivity contribution in [3.63, 3.8) is 0 Å². The maximum absolute atomic E-state index is 10.2. The van der Waals surface area contributed by atoms with Crippen LogP contribution >= 0.6 is 11.6 Å². The number of hydrogen-bond donors (Lipinski definition) is 1. The van der Waals surface area contributed by atoms with Crippen LogP contribution in [0.3, 0.4) is 0 Å². The third-order valence-corrected chi connectivity index (χ3v) is 1.64. The van der Waals surface area contributed by atoms with E-state index in [1.54, 1.807) is 6.07 Å². The van der Waals surface area contributed by atoms with Crippen LogP contribution in [0.4, 0.5) is 0 Å². The molecule has 13 heavy (non-hydrogen) atoms. The Balaban J connectivity index is 0. The standard InChI is InChI=1S/C6H5ClO4S.Na.H/c7-5-2-1-3-6(4-5)11-12(8,9)10;;/h1-4H,(H,8,9,10);;/q;+1;-1. The van der Waals surface area contributed by atoms with E-state index in [1.165, 1.54) is 18.2 Å². The predicted octanol–water partition coefficient (Wildman–Crippen LogP) is -1.36. The Hall–Kier alpha value is 0.220. The molecule has 0 atom stereocenters. The molecule has 0 saturated heterocycles. The maximum atomic E-state index is 10.2. The van der Waals surface area contributed by atoms with Crippen molar-refractivity contribution in [2.75, 3.05) is 0 Å². The van der Waals surface area contributed by atoms with Gasteiger partial charge in [0, 0.05) is 11.1 Å². The first-order valence-corrected chi connectivity index (χ1v) is 4.64. The van der Waals surface area contributed by atoms with Crippen LogP contribution in [-0.4, -0.2) is 13.0 Å². The summed E-state index contributed by atoms with van der Waals surface area (Å²) in [5.41, 5.74) is 0. The number of halogens is 1. The van der Waals surface area contributed by atoms with Gasteiger partial charge in [-0.25, -0.2) is 0 Å². The number of hydrogen-bond acceptors (Lipinski definition) is 3. The van der Waals surface area contributed by atoms with Crippen LogP contribution in [-0.2, 0) is 10.4 Å². The van der Waals surface area contributed by atoms with Crippen LogP contribution in [0.25, 0.3) is 0 Å². The van der Waals surface area contributed by atoms with Gasteiger partial charge in [0.2, 0.25) is 0 Å². The van der Waals surface area contributed by atoms with E-state index in [0.717, 1.165) is 0 Å². The Kier molecular flexibility index (Phi) is 5.28. The van der Waals surface area contributed by atoms with E-state index < -0.39 is 10.4 Å². The number of rotatable bonds is 2. The molecular formula is C6H6ClNaO4S. The molecule has 7 heteroatoms. The monoisotopic (exact) mass is 232 g/mol. The van der Waals surface area contributed by atoms with Gasteiger partial charge in [0.05, 0.1) is 0 Å². The zero-order chi connectivity index (χ0) is 9.19. The van der Waals surface area contributed by atoms with Crippen LogP contribution < -0.4 is 33.7 Å². The van der Waals surface area contributed by atoms with Gasteiger partial charge >= 0.3 is 40.0 Å². The van der Waals surface area contributed by atoms with Gasteiger partial charge in [-0.1, -0.05) is 17.7 Å². The summed E-state index contributed by atoms with van der Waals surface area (Å²) in [6.45, 7) is 0. The summed E-state index contributed by atoms with van der Waals surface area (Å²) < 4.78 is 32.8. The Morgan fingerprint density at radius 1 is 1.46 bits per heavy atom. The van der Waals surface area contributed by atoms with Crippen molar-refractivity contribution in [3.05, 3.63) is 29.3 Å². The summed E-state index contributed by atoms with van der Waals surface area (Å²) in [6, 6.07) is 5.69. The molecule has 0 aliphatic carbocycles. The summed E-state index contributed by atoms with van der Waals surface area (Å²) >= 11 is 5.52. The molecule has 0 radical (unpaired) electrons. The van der Waals surface area contributed by atoms with Crippen molar-refractivity contribution < 1.29 is 48.1 Å². The van der Waals surface area contributed by atoms with E-state index in [9.17, 15) is 8.42 Å². The van der Waals surface area contributed by atoms with Crippen LogP contribution in [0.15, 0.2) is 24.3 Å². The minimum absolute atomic E-state index is 0. The van der Waals surface area contributed by atoms with E-state index in [2.05, 4.69) is 4.18 Å². The van der Waals surface area contributed by atoms with Gasteiger partial charge in [0.15, 0.2) is 0 Å². The second-order valence-electron chi connectivity index (χ2n) is 1.97. The molecule has 0 bridgehead atoms. The summed E-state index contributed by atoms with van der Waals surface area (Å²) in [7, 11) is -4.45. The summed E-state index contributed by atoms with van der Waals surface area (Å²) in [5.74, 6) is -0.0231. The first-order valence-electron chi connectivity index (χ1n) is 2.90. The van der Waals surface area contributed by atoms with Crippen molar-refractivity contribution in [2.45, 2.75) is 0 Å². The first-order chi connectivity index (χ1) is 5.47. The molecular weight excluding hydrogens is 227 g/mol. The largest absolute Gasteiger partial charge is 1.00 e. The minimum atomic E-state index is -4.45. The molecule has 0 spiro atoms. The molecule has 0 fully saturated rings. The van der Waals surface area contributed by atoms with Crippen molar-refractivity contribution in [3.8, 4) is 5.75 Å². The smallest absolute Gasteiger partial charge is 1.00 e. The quantitative estimate of drug-likeness (QED) is 0.505. The topological polar surface area (TPSA) is 63.6 Å². The molecule has 0 heterocycles. The van der Waals surface area contributed by atoms with Crippen LogP contribution in [0, 0.1) is 0 Å². The fourth-order valence-electron chi connectivity index (χ4n) is 0.640. The molecule has 1 aromatic rings. The average molecular weight is 233 g/mol. The first kappa shape index (κ1) is 13.2. The fourth-order valence-corrected chi connectivity index (χ4v) is 1.17. The van der Waals surface area contributed by atoms with Crippen LogP contribution in [0.2, 0.25) is 5.02 Å². The van der Waals surface area contributed by atoms with E-state index in [-0.39, 0.29) is 36.7 Å². The third kappa shape index (κ3) is 5.51. The van der Waals surface area contributed by atoms with Crippen molar-refractivity contribution in [2.24, 2.45) is 0 Å². The van der Waals surface area contributed by atoms with Crippen molar-refractivity contribution >= 4 is 22.0 Å². The summed E-state index contributed by atoms with van der Waals surface area (Å²) in [4.78, 5) is 0. The molecule has 0 aromatic heterocycles. The van der Waals surface area contributed by atoms with E-state index >= 15 is 0 Å². The molecule has 68 valence electrons. The molecule has 1 N–H and O–H groups in total. The van der Waals surface area contributed by atoms with Crippen molar-refractivity contribution in [1.29, 1.82) is 0 Å². The molecule has 0 aliphatic rings. The van der Waals surface area contributed by atoms with Gasteiger partial charge in [0.25, 0.3) is 0 Å².